The van der Waals surface area contributed by atoms with Gasteiger partial charge in [-0.05, 0) is 25.6 Å². The molecule has 0 aliphatic carbocycles. The van der Waals surface area contributed by atoms with E-state index in [0.29, 0.717) is 5.75 Å². The molecule has 5 heteroatoms. The molecule has 1 N–H and O–H groups in total. The summed E-state index contributed by atoms with van der Waals surface area (Å²) in [5.41, 5.74) is 0.797. The summed E-state index contributed by atoms with van der Waals surface area (Å²) >= 11 is 1.09. The standard InChI is InChI=1S/C14H17NO3S/c1-10(16)13(15-2)9-19-14(18)8-5-11-3-6-12(17)7-4-11/h3-8,13,15,17H,9H2,1-2H3/p-1/b8-5+. The molecule has 0 aliphatic heterocycles. The Balaban J connectivity index is 2.47. The topological polar surface area (TPSA) is 69.2 Å². The Kier molecular flexibility index (Phi) is 6.32. The lowest BCUT2D eigenvalue weighted by Crippen LogP contribution is -2.34. The van der Waals surface area contributed by atoms with Gasteiger partial charge in [-0.3, -0.25) is 9.59 Å². The SMILES string of the molecule is CNC(CSC(=O)/C=C/c1ccc([O-])cc1)C(C)=O. The molecule has 19 heavy (non-hydrogen) atoms. The van der Waals surface area contributed by atoms with Crippen molar-refractivity contribution in [3.05, 3.63) is 35.9 Å². The number of ketones is 1. The maximum Gasteiger partial charge on any atom is 0.212 e. The third kappa shape index (κ3) is 5.72. The van der Waals surface area contributed by atoms with E-state index in [4.69, 9.17) is 0 Å². The number of hydrogen-bond acceptors (Lipinski definition) is 5. The summed E-state index contributed by atoms with van der Waals surface area (Å²) in [6, 6.07) is 5.90. The monoisotopic (exact) mass is 278 g/mol. The zero-order valence-electron chi connectivity index (χ0n) is 10.9. The van der Waals surface area contributed by atoms with Crippen molar-refractivity contribution in [2.24, 2.45) is 0 Å². The molecular formula is C14H16NO3S-. The molecule has 1 atom stereocenters. The maximum atomic E-state index is 11.6. The summed E-state index contributed by atoms with van der Waals surface area (Å²) in [5.74, 6) is 0.364. The highest BCUT2D eigenvalue weighted by molar-refractivity contribution is 8.14. The van der Waals surface area contributed by atoms with Crippen molar-refractivity contribution in [3.63, 3.8) is 0 Å². The van der Waals surface area contributed by atoms with Crippen molar-refractivity contribution in [1.82, 2.24) is 5.32 Å². The minimum Gasteiger partial charge on any atom is -0.872 e. The number of thioether (sulfide) groups is 1. The second-order valence-corrected chi connectivity index (χ2v) is 5.01. The Morgan fingerprint density at radius 1 is 1.37 bits per heavy atom. The van der Waals surface area contributed by atoms with E-state index in [2.05, 4.69) is 5.32 Å². The van der Waals surface area contributed by atoms with Gasteiger partial charge in [0.25, 0.3) is 0 Å². The quantitative estimate of drug-likeness (QED) is 0.792. The van der Waals surface area contributed by atoms with Crippen LogP contribution in [0.4, 0.5) is 0 Å². The van der Waals surface area contributed by atoms with Gasteiger partial charge < -0.3 is 10.4 Å². The van der Waals surface area contributed by atoms with Crippen LogP contribution in [-0.4, -0.2) is 29.7 Å². The highest BCUT2D eigenvalue weighted by Gasteiger charge is 2.12. The summed E-state index contributed by atoms with van der Waals surface area (Å²) in [4.78, 5) is 22.8. The largest absolute Gasteiger partial charge is 0.872 e. The molecule has 102 valence electrons. The van der Waals surface area contributed by atoms with E-state index in [9.17, 15) is 14.7 Å². The Bertz CT molecular complexity index is 468. The predicted octanol–water partition coefficient (Wildman–Crippen LogP) is 1.21. The molecule has 0 aromatic heterocycles. The van der Waals surface area contributed by atoms with E-state index in [0.717, 1.165) is 17.3 Å². The van der Waals surface area contributed by atoms with Crippen LogP contribution in [0.15, 0.2) is 30.3 Å². The fraction of sp³-hybridized carbons (Fsp3) is 0.286. The summed E-state index contributed by atoms with van der Waals surface area (Å²) in [6.07, 6.45) is 3.09. The molecule has 4 nitrogen and oxygen atoms in total. The van der Waals surface area contributed by atoms with Gasteiger partial charge in [-0.25, -0.2) is 0 Å². The normalized spacial score (nSPS) is 12.5. The predicted molar refractivity (Wildman–Crippen MR) is 75.9 cm³/mol. The summed E-state index contributed by atoms with van der Waals surface area (Å²) < 4.78 is 0. The second kappa shape index (κ2) is 7.76. The van der Waals surface area contributed by atoms with Crippen LogP contribution in [0, 0.1) is 0 Å². The Morgan fingerprint density at radius 3 is 2.53 bits per heavy atom. The van der Waals surface area contributed by atoms with Crippen molar-refractivity contribution in [1.29, 1.82) is 0 Å². The lowest BCUT2D eigenvalue weighted by molar-refractivity contribution is -0.268. The first-order chi connectivity index (χ1) is 9.02. The molecule has 1 unspecified atom stereocenters. The fourth-order valence-corrected chi connectivity index (χ4v) is 2.26. The van der Waals surface area contributed by atoms with Gasteiger partial charge in [0.15, 0.2) is 0 Å². The number of likely N-dealkylation sites (N-methyl/N-ethyl adjacent to an activating group) is 1. The van der Waals surface area contributed by atoms with Crippen molar-refractivity contribution in [3.8, 4) is 5.75 Å². The molecule has 0 aliphatic rings. The van der Waals surface area contributed by atoms with Gasteiger partial charge in [-0.2, -0.15) is 0 Å². The molecule has 0 bridgehead atoms. The van der Waals surface area contributed by atoms with Crippen LogP contribution in [0.1, 0.15) is 12.5 Å². The molecule has 0 spiro atoms. The van der Waals surface area contributed by atoms with Gasteiger partial charge in [0, 0.05) is 5.75 Å². The number of Topliss-reactive ketones (excluding diaryl/α,β-unsaturated/α-hetero) is 1. The molecule has 1 rings (SSSR count). The number of carbonyl (C=O) groups excluding carboxylic acids is 2. The van der Waals surface area contributed by atoms with Gasteiger partial charge in [0.1, 0.15) is 5.78 Å². The van der Waals surface area contributed by atoms with E-state index in [1.54, 1.807) is 25.3 Å². The molecule has 0 amide bonds. The fourth-order valence-electron chi connectivity index (χ4n) is 1.36. The maximum absolute atomic E-state index is 11.6. The van der Waals surface area contributed by atoms with E-state index in [1.165, 1.54) is 25.1 Å². The van der Waals surface area contributed by atoms with Crippen LogP contribution in [0.2, 0.25) is 0 Å². The van der Waals surface area contributed by atoms with Gasteiger partial charge in [0.05, 0.1) is 6.04 Å². The summed E-state index contributed by atoms with van der Waals surface area (Å²) in [7, 11) is 1.69. The van der Waals surface area contributed by atoms with Gasteiger partial charge in [-0.15, -0.1) is 5.75 Å². The Morgan fingerprint density at radius 2 is 2.00 bits per heavy atom. The smallest absolute Gasteiger partial charge is 0.212 e. The van der Waals surface area contributed by atoms with E-state index in [1.807, 2.05) is 0 Å². The average molecular weight is 278 g/mol. The van der Waals surface area contributed by atoms with Crippen LogP contribution in [0.5, 0.6) is 5.75 Å². The van der Waals surface area contributed by atoms with Crippen LogP contribution in [0.25, 0.3) is 6.08 Å². The Labute approximate surface area is 116 Å². The van der Waals surface area contributed by atoms with Gasteiger partial charge in [0.2, 0.25) is 5.12 Å². The highest BCUT2D eigenvalue weighted by Crippen LogP contribution is 2.11. The zero-order valence-corrected chi connectivity index (χ0v) is 11.7. The minimum atomic E-state index is -0.304. The van der Waals surface area contributed by atoms with Crippen LogP contribution < -0.4 is 10.4 Å². The summed E-state index contributed by atoms with van der Waals surface area (Å²) in [5, 5.41) is 13.6. The zero-order chi connectivity index (χ0) is 14.3. The summed E-state index contributed by atoms with van der Waals surface area (Å²) in [6.45, 7) is 1.49. The van der Waals surface area contributed by atoms with Gasteiger partial charge in [-0.1, -0.05) is 42.1 Å². The van der Waals surface area contributed by atoms with Crippen molar-refractivity contribution in [2.75, 3.05) is 12.8 Å². The molecular weight excluding hydrogens is 262 g/mol. The molecule has 0 fully saturated rings. The van der Waals surface area contributed by atoms with Crippen LogP contribution in [0.3, 0.4) is 0 Å². The Hall–Kier alpha value is -1.59. The van der Waals surface area contributed by atoms with Crippen molar-refractivity contribution < 1.29 is 14.7 Å². The first-order valence-electron chi connectivity index (χ1n) is 5.82. The first-order valence-corrected chi connectivity index (χ1v) is 6.81. The third-order valence-electron chi connectivity index (χ3n) is 2.52. The van der Waals surface area contributed by atoms with Crippen LogP contribution >= 0.6 is 11.8 Å². The van der Waals surface area contributed by atoms with Crippen molar-refractivity contribution in [2.45, 2.75) is 13.0 Å². The van der Waals surface area contributed by atoms with E-state index in [-0.39, 0.29) is 22.7 Å². The minimum absolute atomic E-state index is 0.0119. The lowest BCUT2D eigenvalue weighted by Gasteiger charge is -2.10. The molecule has 0 saturated carbocycles. The number of carbonyl (C=O) groups is 2. The first kappa shape index (κ1) is 15.5. The number of benzene rings is 1. The van der Waals surface area contributed by atoms with Crippen molar-refractivity contribution >= 4 is 28.7 Å². The average Bonchev–Trinajstić information content (AvgIpc) is 2.38. The number of rotatable bonds is 6. The third-order valence-corrected chi connectivity index (χ3v) is 3.44. The van der Waals surface area contributed by atoms with Gasteiger partial charge >= 0.3 is 0 Å². The van der Waals surface area contributed by atoms with E-state index >= 15 is 0 Å². The molecule has 0 saturated heterocycles. The second-order valence-electron chi connectivity index (χ2n) is 3.98. The van der Waals surface area contributed by atoms with Crippen LogP contribution in [-0.2, 0) is 9.59 Å². The molecule has 0 heterocycles. The highest BCUT2D eigenvalue weighted by atomic mass is 32.2. The number of nitrogens with one attached hydrogen (secondary N) is 1. The molecule has 1 aromatic rings. The number of hydrogen-bond donors (Lipinski definition) is 1. The molecule has 1 aromatic carbocycles. The lowest BCUT2D eigenvalue weighted by atomic mass is 10.2. The van der Waals surface area contributed by atoms with E-state index < -0.39 is 0 Å². The molecule has 0 radical (unpaired) electrons.